The molecule has 1 saturated heterocycles. The first kappa shape index (κ1) is 13.7. The van der Waals surface area contributed by atoms with Crippen LogP contribution in [0.15, 0.2) is 18.5 Å². The van der Waals surface area contributed by atoms with Crippen molar-refractivity contribution in [3.05, 3.63) is 23.3 Å². The van der Waals surface area contributed by atoms with Crippen molar-refractivity contribution in [1.29, 1.82) is 0 Å². The molecule has 0 saturated carbocycles. The van der Waals surface area contributed by atoms with Gasteiger partial charge < -0.3 is 10.6 Å². The number of thiophene rings is 1. The number of hydrogen-bond acceptors (Lipinski definition) is 5. The van der Waals surface area contributed by atoms with Crippen LogP contribution in [0.1, 0.15) is 23.5 Å². The fourth-order valence-corrected chi connectivity index (χ4v) is 4.63. The van der Waals surface area contributed by atoms with E-state index < -0.39 is 0 Å². The number of nitrogens with zero attached hydrogens (tertiary/aromatic N) is 2. The second-order valence-corrected chi connectivity index (χ2v) is 7.57. The van der Waals surface area contributed by atoms with Crippen molar-refractivity contribution in [1.82, 2.24) is 9.88 Å². The zero-order valence-corrected chi connectivity index (χ0v) is 13.1. The van der Waals surface area contributed by atoms with Crippen LogP contribution in [0.5, 0.6) is 0 Å². The minimum atomic E-state index is 0.0587. The average molecular weight is 307 g/mol. The highest BCUT2D eigenvalue weighted by Gasteiger charge is 2.31. The zero-order valence-electron chi connectivity index (χ0n) is 11.5. The molecule has 0 aromatic carbocycles. The SMILES string of the molecule is CC1SCCN(C(=O)c2sc3cnccc3c2N)C1C. The lowest BCUT2D eigenvalue weighted by atomic mass is 10.2. The second kappa shape index (κ2) is 5.26. The number of rotatable bonds is 1. The van der Waals surface area contributed by atoms with Crippen molar-refractivity contribution in [3.63, 3.8) is 0 Å². The van der Waals surface area contributed by atoms with Gasteiger partial charge in [0.1, 0.15) is 4.88 Å². The molecule has 0 spiro atoms. The van der Waals surface area contributed by atoms with Crippen molar-refractivity contribution < 1.29 is 4.79 Å². The van der Waals surface area contributed by atoms with E-state index in [1.807, 2.05) is 22.7 Å². The minimum absolute atomic E-state index is 0.0587. The van der Waals surface area contributed by atoms with Crippen LogP contribution in [0.25, 0.3) is 10.1 Å². The smallest absolute Gasteiger partial charge is 0.266 e. The van der Waals surface area contributed by atoms with Gasteiger partial charge in [0.2, 0.25) is 0 Å². The molecule has 3 heterocycles. The molecule has 0 aliphatic carbocycles. The predicted molar refractivity (Wildman–Crippen MR) is 86.5 cm³/mol. The number of fused-ring (bicyclic) bond motifs is 1. The van der Waals surface area contributed by atoms with E-state index in [0.29, 0.717) is 15.8 Å². The summed E-state index contributed by atoms with van der Waals surface area (Å²) in [6.45, 7) is 5.08. The quantitative estimate of drug-likeness (QED) is 0.880. The van der Waals surface area contributed by atoms with E-state index in [9.17, 15) is 4.79 Å². The largest absolute Gasteiger partial charge is 0.397 e. The number of pyridine rings is 1. The summed E-state index contributed by atoms with van der Waals surface area (Å²) in [4.78, 5) is 19.5. The molecule has 1 amide bonds. The molecule has 20 heavy (non-hydrogen) atoms. The van der Waals surface area contributed by atoms with E-state index in [1.165, 1.54) is 11.3 Å². The Hall–Kier alpha value is -1.27. The molecule has 1 aliphatic heterocycles. The van der Waals surface area contributed by atoms with Gasteiger partial charge in [-0.1, -0.05) is 6.92 Å². The maximum absolute atomic E-state index is 12.8. The normalized spacial score (nSPS) is 23.2. The number of carbonyl (C=O) groups is 1. The molecular formula is C14H17N3OS2. The Bertz CT molecular complexity index is 655. The average Bonchev–Trinajstić information content (AvgIpc) is 2.79. The molecule has 1 aliphatic rings. The van der Waals surface area contributed by atoms with E-state index in [1.54, 1.807) is 12.4 Å². The molecule has 0 bridgehead atoms. The van der Waals surface area contributed by atoms with E-state index in [-0.39, 0.29) is 11.9 Å². The summed E-state index contributed by atoms with van der Waals surface area (Å²) in [6, 6.07) is 2.11. The first-order valence-electron chi connectivity index (χ1n) is 6.64. The second-order valence-electron chi connectivity index (χ2n) is 5.03. The number of aromatic nitrogens is 1. The van der Waals surface area contributed by atoms with E-state index in [4.69, 9.17) is 5.73 Å². The Balaban J connectivity index is 1.98. The Morgan fingerprint density at radius 2 is 2.30 bits per heavy atom. The number of nitrogen functional groups attached to an aromatic ring is 1. The van der Waals surface area contributed by atoms with Gasteiger partial charge in [-0.3, -0.25) is 9.78 Å². The molecular weight excluding hydrogens is 290 g/mol. The Kier molecular flexibility index (Phi) is 3.60. The third-order valence-corrected chi connectivity index (χ3v) is 6.35. The van der Waals surface area contributed by atoms with Crippen LogP contribution in [0.4, 0.5) is 5.69 Å². The van der Waals surface area contributed by atoms with Gasteiger partial charge in [0.15, 0.2) is 0 Å². The van der Waals surface area contributed by atoms with Crippen LogP contribution in [0.3, 0.4) is 0 Å². The van der Waals surface area contributed by atoms with Crippen LogP contribution in [-0.4, -0.2) is 39.4 Å². The number of carbonyl (C=O) groups excluding carboxylic acids is 1. The number of anilines is 1. The summed E-state index contributed by atoms with van der Waals surface area (Å²) in [5.74, 6) is 1.05. The van der Waals surface area contributed by atoms with Gasteiger partial charge >= 0.3 is 0 Å². The molecule has 1 fully saturated rings. The van der Waals surface area contributed by atoms with Gasteiger partial charge in [-0.05, 0) is 13.0 Å². The van der Waals surface area contributed by atoms with Crippen LogP contribution in [-0.2, 0) is 0 Å². The van der Waals surface area contributed by atoms with Crippen molar-refractivity contribution in [3.8, 4) is 0 Å². The third-order valence-electron chi connectivity index (χ3n) is 3.87. The molecule has 0 radical (unpaired) electrons. The lowest BCUT2D eigenvalue weighted by Crippen LogP contribution is -2.47. The van der Waals surface area contributed by atoms with Crippen molar-refractivity contribution in [2.24, 2.45) is 0 Å². The van der Waals surface area contributed by atoms with Crippen molar-refractivity contribution in [2.75, 3.05) is 18.0 Å². The van der Waals surface area contributed by atoms with Gasteiger partial charge in [0.05, 0.1) is 10.4 Å². The predicted octanol–water partition coefficient (Wildman–Crippen LogP) is 2.84. The van der Waals surface area contributed by atoms with Crippen LogP contribution >= 0.6 is 23.1 Å². The van der Waals surface area contributed by atoms with Crippen LogP contribution < -0.4 is 5.73 Å². The zero-order chi connectivity index (χ0) is 14.3. The van der Waals surface area contributed by atoms with E-state index >= 15 is 0 Å². The van der Waals surface area contributed by atoms with Gasteiger partial charge in [-0.15, -0.1) is 11.3 Å². The van der Waals surface area contributed by atoms with Crippen molar-refractivity contribution >= 4 is 44.8 Å². The molecule has 2 aromatic heterocycles. The summed E-state index contributed by atoms with van der Waals surface area (Å²) in [7, 11) is 0. The summed E-state index contributed by atoms with van der Waals surface area (Å²) in [5, 5.41) is 1.39. The first-order valence-corrected chi connectivity index (χ1v) is 8.50. The van der Waals surface area contributed by atoms with Crippen LogP contribution in [0.2, 0.25) is 0 Å². The summed E-state index contributed by atoms with van der Waals surface area (Å²) in [5.41, 5.74) is 6.75. The number of thioether (sulfide) groups is 1. The monoisotopic (exact) mass is 307 g/mol. The highest BCUT2D eigenvalue weighted by molar-refractivity contribution is 8.00. The van der Waals surface area contributed by atoms with Gasteiger partial charge in [-0.2, -0.15) is 11.8 Å². The number of hydrogen-bond donors (Lipinski definition) is 1. The molecule has 2 N–H and O–H groups in total. The molecule has 3 rings (SSSR count). The fourth-order valence-electron chi connectivity index (χ4n) is 2.48. The summed E-state index contributed by atoms with van der Waals surface area (Å²) < 4.78 is 0.973. The molecule has 106 valence electrons. The fraction of sp³-hybridized carbons (Fsp3) is 0.429. The standard InChI is InChI=1S/C14H17N3OS2/c1-8-9(2)19-6-5-17(8)14(18)13-12(15)10-3-4-16-7-11(10)20-13/h3-4,7-9H,5-6,15H2,1-2H3. The Labute approximate surface area is 126 Å². The number of nitrogens with two attached hydrogens (primary N) is 1. The van der Waals surface area contributed by atoms with Gasteiger partial charge in [0, 0.05) is 41.4 Å². The topological polar surface area (TPSA) is 59.2 Å². The maximum atomic E-state index is 12.8. The molecule has 2 aromatic rings. The first-order chi connectivity index (χ1) is 9.59. The van der Waals surface area contributed by atoms with Gasteiger partial charge in [0.25, 0.3) is 5.91 Å². The maximum Gasteiger partial charge on any atom is 0.266 e. The molecule has 6 heteroatoms. The highest BCUT2D eigenvalue weighted by atomic mass is 32.2. The lowest BCUT2D eigenvalue weighted by Gasteiger charge is -2.37. The molecule has 4 nitrogen and oxygen atoms in total. The molecule has 2 unspecified atom stereocenters. The van der Waals surface area contributed by atoms with Crippen LogP contribution in [0, 0.1) is 0 Å². The molecule has 2 atom stereocenters. The minimum Gasteiger partial charge on any atom is -0.397 e. The summed E-state index contributed by atoms with van der Waals surface area (Å²) in [6.07, 6.45) is 3.48. The third kappa shape index (κ3) is 2.16. The number of amides is 1. The highest BCUT2D eigenvalue weighted by Crippen LogP contribution is 2.35. The van der Waals surface area contributed by atoms with E-state index in [0.717, 1.165) is 22.4 Å². The van der Waals surface area contributed by atoms with E-state index in [2.05, 4.69) is 18.8 Å². The lowest BCUT2D eigenvalue weighted by molar-refractivity contribution is 0.0704. The Morgan fingerprint density at radius 1 is 1.50 bits per heavy atom. The summed E-state index contributed by atoms with van der Waals surface area (Å²) >= 11 is 3.36. The van der Waals surface area contributed by atoms with Crippen molar-refractivity contribution in [2.45, 2.75) is 25.1 Å². The Morgan fingerprint density at radius 3 is 3.05 bits per heavy atom. The van der Waals surface area contributed by atoms with Gasteiger partial charge in [-0.25, -0.2) is 0 Å².